The first kappa shape index (κ1) is 9.71. The molecule has 1 heterocycles. The Kier molecular flexibility index (Phi) is 2.87. The molecule has 0 bridgehead atoms. The highest BCUT2D eigenvalue weighted by Crippen LogP contribution is 2.36. The van der Waals surface area contributed by atoms with Crippen molar-refractivity contribution in [3.63, 3.8) is 0 Å². The van der Waals surface area contributed by atoms with Crippen LogP contribution in [0.15, 0.2) is 12.3 Å². The third-order valence-corrected chi connectivity index (χ3v) is 3.24. The number of nitrogens with zero attached hydrogens (tertiary/aromatic N) is 1. The van der Waals surface area contributed by atoms with Gasteiger partial charge in [0.2, 0.25) is 0 Å². The molecule has 0 amide bonds. The highest BCUT2D eigenvalue weighted by atomic mass is 15.1. The van der Waals surface area contributed by atoms with Crippen molar-refractivity contribution in [1.29, 1.82) is 0 Å². The predicted molar refractivity (Wildman–Crippen MR) is 56.9 cm³/mol. The second-order valence-electron chi connectivity index (χ2n) is 4.70. The van der Waals surface area contributed by atoms with Gasteiger partial charge in [0.25, 0.3) is 0 Å². The fourth-order valence-electron chi connectivity index (χ4n) is 2.29. The summed E-state index contributed by atoms with van der Waals surface area (Å²) in [4.78, 5) is 0. The van der Waals surface area contributed by atoms with Crippen LogP contribution >= 0.6 is 0 Å². The van der Waals surface area contributed by atoms with E-state index in [0.29, 0.717) is 5.41 Å². The Morgan fingerprint density at radius 1 is 1.50 bits per heavy atom. The van der Waals surface area contributed by atoms with Crippen molar-refractivity contribution in [2.75, 3.05) is 6.54 Å². The van der Waals surface area contributed by atoms with Crippen LogP contribution in [-0.2, 0) is 6.54 Å². The molecular formula is C11H19N3. The van der Waals surface area contributed by atoms with Crippen molar-refractivity contribution in [2.45, 2.75) is 39.2 Å². The molecular weight excluding hydrogens is 174 g/mol. The summed E-state index contributed by atoms with van der Waals surface area (Å²) in [6.07, 6.45) is 7.37. The largest absolute Gasteiger partial charge is 0.311 e. The molecule has 14 heavy (non-hydrogen) atoms. The van der Waals surface area contributed by atoms with Crippen LogP contribution in [0.5, 0.6) is 0 Å². The van der Waals surface area contributed by atoms with E-state index in [9.17, 15) is 0 Å². The third-order valence-electron chi connectivity index (χ3n) is 3.24. The van der Waals surface area contributed by atoms with Crippen molar-refractivity contribution >= 4 is 0 Å². The monoisotopic (exact) mass is 193 g/mol. The van der Waals surface area contributed by atoms with Gasteiger partial charge in [-0.05, 0) is 24.3 Å². The van der Waals surface area contributed by atoms with Crippen LogP contribution in [0, 0.1) is 5.41 Å². The van der Waals surface area contributed by atoms with Crippen molar-refractivity contribution in [3.05, 3.63) is 18.0 Å². The standard InChI is InChI=1S/C11H19N3/c1-11(5-2-3-6-11)9-12-8-10-4-7-13-14-10/h4,7,12H,2-3,5-6,8-9H2,1H3,(H,13,14). The average Bonchev–Trinajstić information content (AvgIpc) is 2.77. The molecule has 3 nitrogen and oxygen atoms in total. The molecule has 1 aliphatic carbocycles. The normalized spacial score (nSPS) is 20.1. The van der Waals surface area contributed by atoms with Gasteiger partial charge in [0.05, 0.1) is 0 Å². The van der Waals surface area contributed by atoms with E-state index in [1.54, 1.807) is 6.20 Å². The molecule has 0 aliphatic heterocycles. The second kappa shape index (κ2) is 4.13. The van der Waals surface area contributed by atoms with Gasteiger partial charge in [0.15, 0.2) is 0 Å². The van der Waals surface area contributed by atoms with Crippen molar-refractivity contribution < 1.29 is 0 Å². The van der Waals surface area contributed by atoms with E-state index in [4.69, 9.17) is 0 Å². The maximum atomic E-state index is 3.92. The molecule has 0 radical (unpaired) electrons. The topological polar surface area (TPSA) is 40.7 Å². The van der Waals surface area contributed by atoms with E-state index < -0.39 is 0 Å². The Morgan fingerprint density at radius 3 is 2.93 bits per heavy atom. The number of aromatic amines is 1. The molecule has 1 aromatic heterocycles. The lowest BCUT2D eigenvalue weighted by Crippen LogP contribution is -2.29. The molecule has 1 fully saturated rings. The van der Waals surface area contributed by atoms with E-state index in [1.807, 2.05) is 6.07 Å². The minimum absolute atomic E-state index is 0.542. The number of H-pyrrole nitrogens is 1. The van der Waals surface area contributed by atoms with Gasteiger partial charge in [-0.2, -0.15) is 5.10 Å². The zero-order valence-electron chi connectivity index (χ0n) is 8.84. The van der Waals surface area contributed by atoms with E-state index in [-0.39, 0.29) is 0 Å². The molecule has 3 heteroatoms. The molecule has 0 saturated heterocycles. The number of aromatic nitrogens is 2. The first-order valence-electron chi connectivity index (χ1n) is 5.48. The molecule has 1 aromatic rings. The zero-order valence-corrected chi connectivity index (χ0v) is 8.84. The summed E-state index contributed by atoms with van der Waals surface area (Å²) in [6, 6.07) is 2.02. The van der Waals surface area contributed by atoms with Crippen LogP contribution < -0.4 is 5.32 Å². The van der Waals surface area contributed by atoms with Gasteiger partial charge in [-0.15, -0.1) is 0 Å². The van der Waals surface area contributed by atoms with Crippen LogP contribution in [0.3, 0.4) is 0 Å². The van der Waals surface area contributed by atoms with Crippen LogP contribution in [0.1, 0.15) is 38.3 Å². The summed E-state index contributed by atoms with van der Waals surface area (Å²) in [5.74, 6) is 0. The SMILES string of the molecule is CC1(CNCc2ccn[nH]2)CCCC1. The van der Waals surface area contributed by atoms with Crippen LogP contribution in [-0.4, -0.2) is 16.7 Å². The van der Waals surface area contributed by atoms with Crippen LogP contribution in [0.4, 0.5) is 0 Å². The number of hydrogen-bond acceptors (Lipinski definition) is 2. The maximum Gasteiger partial charge on any atom is 0.0490 e. The smallest absolute Gasteiger partial charge is 0.0490 e. The predicted octanol–water partition coefficient (Wildman–Crippen LogP) is 2.08. The fraction of sp³-hybridized carbons (Fsp3) is 0.727. The van der Waals surface area contributed by atoms with Crippen LogP contribution in [0.2, 0.25) is 0 Å². The first-order chi connectivity index (χ1) is 6.79. The Bertz CT molecular complexity index is 260. The van der Waals surface area contributed by atoms with Crippen molar-refractivity contribution in [1.82, 2.24) is 15.5 Å². The van der Waals surface area contributed by atoms with Gasteiger partial charge < -0.3 is 5.32 Å². The molecule has 1 aliphatic rings. The summed E-state index contributed by atoms with van der Waals surface area (Å²) in [6.45, 7) is 4.43. The number of rotatable bonds is 4. The summed E-state index contributed by atoms with van der Waals surface area (Å²) in [5.41, 5.74) is 1.71. The van der Waals surface area contributed by atoms with Gasteiger partial charge in [-0.3, -0.25) is 5.10 Å². The first-order valence-corrected chi connectivity index (χ1v) is 5.48. The second-order valence-corrected chi connectivity index (χ2v) is 4.70. The molecule has 2 N–H and O–H groups in total. The van der Waals surface area contributed by atoms with Gasteiger partial charge in [0, 0.05) is 25.0 Å². The Hall–Kier alpha value is -0.830. The lowest BCUT2D eigenvalue weighted by Gasteiger charge is -2.23. The molecule has 0 spiro atoms. The summed E-state index contributed by atoms with van der Waals surface area (Å²) < 4.78 is 0. The van der Waals surface area contributed by atoms with Crippen molar-refractivity contribution in [2.24, 2.45) is 5.41 Å². The Morgan fingerprint density at radius 2 is 2.29 bits per heavy atom. The van der Waals surface area contributed by atoms with E-state index in [1.165, 1.54) is 31.4 Å². The highest BCUT2D eigenvalue weighted by Gasteiger charge is 2.27. The summed E-state index contributed by atoms with van der Waals surface area (Å²) >= 11 is 0. The maximum absolute atomic E-state index is 3.92. The summed E-state index contributed by atoms with van der Waals surface area (Å²) in [5, 5.41) is 10.4. The van der Waals surface area contributed by atoms with E-state index >= 15 is 0 Å². The number of nitrogens with one attached hydrogen (secondary N) is 2. The van der Waals surface area contributed by atoms with Crippen LogP contribution in [0.25, 0.3) is 0 Å². The molecule has 0 unspecified atom stereocenters. The van der Waals surface area contributed by atoms with E-state index in [0.717, 1.165) is 13.1 Å². The zero-order chi connectivity index (χ0) is 9.86. The molecule has 0 aromatic carbocycles. The summed E-state index contributed by atoms with van der Waals surface area (Å²) in [7, 11) is 0. The minimum atomic E-state index is 0.542. The molecule has 78 valence electrons. The quantitative estimate of drug-likeness (QED) is 0.768. The molecule has 0 atom stereocenters. The van der Waals surface area contributed by atoms with Gasteiger partial charge in [-0.25, -0.2) is 0 Å². The lowest BCUT2D eigenvalue weighted by atomic mass is 9.89. The average molecular weight is 193 g/mol. The van der Waals surface area contributed by atoms with E-state index in [2.05, 4.69) is 22.4 Å². The molecule has 1 saturated carbocycles. The lowest BCUT2D eigenvalue weighted by molar-refractivity contribution is 0.314. The Balaban J connectivity index is 1.72. The molecule has 2 rings (SSSR count). The third kappa shape index (κ3) is 2.35. The number of hydrogen-bond donors (Lipinski definition) is 2. The van der Waals surface area contributed by atoms with Gasteiger partial charge in [-0.1, -0.05) is 19.8 Å². The Labute approximate surface area is 85.3 Å². The van der Waals surface area contributed by atoms with Gasteiger partial charge >= 0.3 is 0 Å². The minimum Gasteiger partial charge on any atom is -0.311 e. The van der Waals surface area contributed by atoms with Gasteiger partial charge in [0.1, 0.15) is 0 Å². The highest BCUT2D eigenvalue weighted by molar-refractivity contribution is 4.97. The fourth-order valence-corrected chi connectivity index (χ4v) is 2.29. The van der Waals surface area contributed by atoms with Crippen molar-refractivity contribution in [3.8, 4) is 0 Å².